The molecule has 6 atom stereocenters. The van der Waals surface area contributed by atoms with Crippen LogP contribution in [0.1, 0.15) is 120 Å². The fourth-order valence-electron chi connectivity index (χ4n) is 15.1. The highest BCUT2D eigenvalue weighted by atomic mass is 14.7. The predicted octanol–water partition coefficient (Wildman–Crippen LogP) is 13.4. The highest BCUT2D eigenvalue weighted by molar-refractivity contribution is 5.56. The minimum absolute atomic E-state index is 0.107. The molecular formula is C64H54. The second kappa shape index (κ2) is 16.3. The second-order valence-electron chi connectivity index (χ2n) is 20.6. The third kappa shape index (κ3) is 7.39. The predicted molar refractivity (Wildman–Crippen MR) is 260 cm³/mol. The normalized spacial score (nSPS) is 29.8. The summed E-state index contributed by atoms with van der Waals surface area (Å²) in [7, 11) is 0. The molecule has 0 heterocycles. The minimum atomic E-state index is 0.107. The Labute approximate surface area is 381 Å². The van der Waals surface area contributed by atoms with Gasteiger partial charge in [-0.25, -0.2) is 0 Å². The molecule has 6 aromatic rings. The van der Waals surface area contributed by atoms with Crippen molar-refractivity contribution in [3.8, 4) is 47.4 Å². The van der Waals surface area contributed by atoms with Gasteiger partial charge in [0.2, 0.25) is 0 Å². The summed E-state index contributed by atoms with van der Waals surface area (Å²) in [5.74, 6) is 34.8. The van der Waals surface area contributed by atoms with E-state index in [4.69, 9.17) is 0 Å². The lowest BCUT2D eigenvalue weighted by Crippen LogP contribution is -2.65. The molecule has 0 heteroatoms. The summed E-state index contributed by atoms with van der Waals surface area (Å²) in [6.07, 6.45) is 13.6. The van der Waals surface area contributed by atoms with Crippen molar-refractivity contribution in [2.45, 2.75) is 75.0 Å². The first kappa shape index (κ1) is 39.2. The number of rotatable bonds is 3. The number of benzene rings is 6. The first-order valence-electron chi connectivity index (χ1n) is 24.1. The van der Waals surface area contributed by atoms with Crippen LogP contribution < -0.4 is 0 Å². The molecule has 0 N–H and O–H groups in total. The lowest BCUT2D eigenvalue weighted by molar-refractivity contribution is -0.163. The molecule has 8 fully saturated rings. The van der Waals surface area contributed by atoms with Crippen LogP contribution in [0.2, 0.25) is 0 Å². The molecule has 8 aliphatic rings. The summed E-state index contributed by atoms with van der Waals surface area (Å²) in [6.45, 7) is 0. The summed E-state index contributed by atoms with van der Waals surface area (Å²) < 4.78 is 0. The Bertz CT molecular complexity index is 2580. The first-order valence-corrected chi connectivity index (χ1v) is 24.1. The van der Waals surface area contributed by atoms with Gasteiger partial charge in [-0.1, -0.05) is 120 Å². The van der Waals surface area contributed by atoms with E-state index in [1.807, 2.05) is 0 Å². The Kier molecular flexibility index (Phi) is 9.96. The van der Waals surface area contributed by atoms with E-state index in [1.165, 1.54) is 75.3 Å². The van der Waals surface area contributed by atoms with Crippen LogP contribution in [0.3, 0.4) is 0 Å². The molecule has 14 rings (SSSR count). The van der Waals surface area contributed by atoms with E-state index in [0.717, 1.165) is 80.0 Å². The van der Waals surface area contributed by atoms with E-state index >= 15 is 0 Å². The zero-order chi connectivity index (χ0) is 42.5. The quantitative estimate of drug-likeness (QED) is 0.156. The van der Waals surface area contributed by atoms with E-state index in [9.17, 15) is 0 Å². The SMILES string of the molecule is C(#Cc1cc(C#Cc2ccccc2)cc(C23CC4CC(CC(C4)C2C2C4CC5CC(C4)CC2(c2cc(C#Cc4ccccc4)cc(C#Cc4ccccc4)c2)C5)C3)c1)c1ccccc1. The van der Waals surface area contributed by atoms with Crippen LogP contribution in [0, 0.1) is 94.7 Å². The molecule has 6 unspecified atom stereocenters. The van der Waals surface area contributed by atoms with Gasteiger partial charge < -0.3 is 0 Å². The number of fused-ring (bicyclic) bond motifs is 1. The van der Waals surface area contributed by atoms with Gasteiger partial charge in [0.1, 0.15) is 0 Å². The van der Waals surface area contributed by atoms with Crippen molar-refractivity contribution in [1.29, 1.82) is 0 Å². The lowest BCUT2D eigenvalue weighted by atomic mass is 9.33. The van der Waals surface area contributed by atoms with Gasteiger partial charge in [-0.2, -0.15) is 0 Å². The maximum atomic E-state index is 3.67. The topological polar surface area (TPSA) is 0 Å². The highest BCUT2D eigenvalue weighted by Crippen LogP contribution is 2.73. The van der Waals surface area contributed by atoms with E-state index < -0.39 is 0 Å². The van der Waals surface area contributed by atoms with Crippen LogP contribution in [0.15, 0.2) is 158 Å². The largest absolute Gasteiger partial charge is 0.0622 e. The Morgan fingerprint density at radius 1 is 0.281 bits per heavy atom. The zero-order valence-corrected chi connectivity index (χ0v) is 36.7. The molecular weight excluding hydrogens is 769 g/mol. The second-order valence-corrected chi connectivity index (χ2v) is 20.6. The van der Waals surface area contributed by atoms with Crippen LogP contribution in [-0.2, 0) is 10.8 Å². The first-order chi connectivity index (χ1) is 31.5. The van der Waals surface area contributed by atoms with Crippen molar-refractivity contribution in [2.24, 2.45) is 47.3 Å². The van der Waals surface area contributed by atoms with Gasteiger partial charge in [-0.15, -0.1) is 0 Å². The number of hydrogen-bond donors (Lipinski definition) is 0. The smallest absolute Gasteiger partial charge is 0.0264 e. The molecule has 0 nitrogen and oxygen atoms in total. The van der Waals surface area contributed by atoms with Gasteiger partial charge in [-0.3, -0.25) is 0 Å². The molecule has 0 aliphatic heterocycles. The van der Waals surface area contributed by atoms with Crippen molar-refractivity contribution >= 4 is 0 Å². The van der Waals surface area contributed by atoms with Crippen LogP contribution in [0.4, 0.5) is 0 Å². The monoisotopic (exact) mass is 822 g/mol. The Morgan fingerprint density at radius 3 is 0.797 bits per heavy atom. The van der Waals surface area contributed by atoms with Gasteiger partial charge in [0.15, 0.2) is 0 Å². The van der Waals surface area contributed by atoms with E-state index in [2.05, 4.69) is 205 Å². The van der Waals surface area contributed by atoms with Crippen LogP contribution in [0.5, 0.6) is 0 Å². The fraction of sp³-hybridized carbons (Fsp3) is 0.312. The highest BCUT2D eigenvalue weighted by Gasteiger charge is 2.67. The molecule has 8 bridgehead atoms. The van der Waals surface area contributed by atoms with Crippen LogP contribution >= 0.6 is 0 Å². The average molecular weight is 823 g/mol. The van der Waals surface area contributed by atoms with Crippen molar-refractivity contribution < 1.29 is 0 Å². The van der Waals surface area contributed by atoms with Crippen LogP contribution in [-0.4, -0.2) is 0 Å². The summed E-state index contributed by atoms with van der Waals surface area (Å²) >= 11 is 0. The van der Waals surface area contributed by atoms with Gasteiger partial charge in [-0.05, 0) is 218 Å². The van der Waals surface area contributed by atoms with Gasteiger partial charge in [0, 0.05) is 44.5 Å². The summed E-state index contributed by atoms with van der Waals surface area (Å²) in [6, 6.07) is 56.6. The Morgan fingerprint density at radius 2 is 0.531 bits per heavy atom. The maximum absolute atomic E-state index is 3.67. The molecule has 310 valence electrons. The third-order valence-corrected chi connectivity index (χ3v) is 16.7. The van der Waals surface area contributed by atoms with Gasteiger partial charge in [0.05, 0.1) is 0 Å². The summed E-state index contributed by atoms with van der Waals surface area (Å²) in [4.78, 5) is 0. The van der Waals surface area contributed by atoms with Crippen molar-refractivity contribution in [1.82, 2.24) is 0 Å². The summed E-state index contributed by atoms with van der Waals surface area (Å²) in [5.41, 5.74) is 11.9. The molecule has 0 spiro atoms. The Hall–Kier alpha value is -6.44. The lowest BCUT2D eigenvalue weighted by Gasteiger charge is -2.71. The van der Waals surface area contributed by atoms with E-state index in [0.29, 0.717) is 11.8 Å². The van der Waals surface area contributed by atoms with Crippen molar-refractivity contribution in [2.75, 3.05) is 0 Å². The van der Waals surface area contributed by atoms with Crippen molar-refractivity contribution in [3.63, 3.8) is 0 Å². The molecule has 6 aromatic carbocycles. The molecule has 0 radical (unpaired) electrons. The average Bonchev–Trinajstić information content (AvgIpc) is 3.33. The molecule has 64 heavy (non-hydrogen) atoms. The van der Waals surface area contributed by atoms with E-state index in [1.54, 1.807) is 0 Å². The third-order valence-electron chi connectivity index (χ3n) is 16.7. The Balaban J connectivity index is 1.02. The molecule has 0 aromatic heterocycles. The summed E-state index contributed by atoms with van der Waals surface area (Å²) in [5, 5.41) is 0. The molecule has 0 amide bonds. The fourth-order valence-corrected chi connectivity index (χ4v) is 15.1. The van der Waals surface area contributed by atoms with Crippen LogP contribution in [0.25, 0.3) is 0 Å². The van der Waals surface area contributed by atoms with Gasteiger partial charge in [0.25, 0.3) is 0 Å². The molecule has 0 saturated heterocycles. The van der Waals surface area contributed by atoms with E-state index in [-0.39, 0.29) is 10.8 Å². The number of hydrogen-bond acceptors (Lipinski definition) is 0. The zero-order valence-electron chi connectivity index (χ0n) is 36.7. The molecule has 8 aliphatic carbocycles. The van der Waals surface area contributed by atoms with Crippen molar-refractivity contribution in [3.05, 3.63) is 213 Å². The minimum Gasteiger partial charge on any atom is -0.0622 e. The van der Waals surface area contributed by atoms with Gasteiger partial charge >= 0.3 is 0 Å². The molecule has 8 saturated carbocycles. The maximum Gasteiger partial charge on any atom is 0.0264 e. The standard InChI is InChI=1S/C64H54/c1-5-13-45(14-6-1)21-25-49-29-50(26-22-46-15-7-2-8-16-46)38-59(37-49)63-41-53-31-54(42-63)34-57(33-53)61(63)62-58-35-55-32-56(36-58)44-64(62,43-55)60-39-51(27-23-47-17-9-3-10-18-47)30-52(40-60)28-24-48-19-11-4-12-20-48/h1-20,29-30,37-40,53-58,61-62H,31-36,41-44H2.